The molecule has 1 aromatic rings. The molecule has 1 spiro atoms. The molecule has 2 aliphatic rings. The van der Waals surface area contributed by atoms with E-state index in [1.54, 1.807) is 0 Å². The summed E-state index contributed by atoms with van der Waals surface area (Å²) in [5, 5.41) is 0.326. The highest BCUT2D eigenvalue weighted by atomic mass is 35.5. The van der Waals surface area contributed by atoms with E-state index in [1.165, 1.54) is 37.7 Å². The van der Waals surface area contributed by atoms with Crippen molar-refractivity contribution < 1.29 is 4.74 Å². The van der Waals surface area contributed by atoms with E-state index in [0.717, 1.165) is 18.6 Å². The smallest absolute Gasteiger partial charge is 0.120 e. The molecule has 0 radical (unpaired) electrons. The Bertz CT molecular complexity index is 437. The maximum Gasteiger partial charge on any atom is 0.120 e. The topological polar surface area (TPSA) is 9.23 Å². The van der Waals surface area contributed by atoms with E-state index in [9.17, 15) is 0 Å². The van der Waals surface area contributed by atoms with Gasteiger partial charge in [-0.2, -0.15) is 0 Å². The molecule has 0 aromatic heterocycles. The van der Waals surface area contributed by atoms with Gasteiger partial charge in [0.1, 0.15) is 11.9 Å². The lowest BCUT2D eigenvalue weighted by Crippen LogP contribution is -2.58. The summed E-state index contributed by atoms with van der Waals surface area (Å²) in [5.41, 5.74) is 1.61. The van der Waals surface area contributed by atoms with E-state index in [2.05, 4.69) is 31.2 Å². The molecule has 0 N–H and O–H groups in total. The molecule has 2 aliphatic carbocycles. The van der Waals surface area contributed by atoms with Crippen LogP contribution in [0.5, 0.6) is 5.75 Å². The van der Waals surface area contributed by atoms with Gasteiger partial charge in [0.15, 0.2) is 0 Å². The van der Waals surface area contributed by atoms with Crippen molar-refractivity contribution in [1.82, 2.24) is 0 Å². The van der Waals surface area contributed by atoms with Gasteiger partial charge in [-0.25, -0.2) is 0 Å². The van der Waals surface area contributed by atoms with Crippen LogP contribution in [-0.4, -0.2) is 11.5 Å². The van der Waals surface area contributed by atoms with Gasteiger partial charge >= 0.3 is 0 Å². The van der Waals surface area contributed by atoms with Gasteiger partial charge in [0.2, 0.25) is 0 Å². The van der Waals surface area contributed by atoms with Crippen molar-refractivity contribution in [2.75, 3.05) is 0 Å². The van der Waals surface area contributed by atoms with Crippen LogP contribution in [-0.2, 0) is 6.42 Å². The Morgan fingerprint density at radius 1 is 1.26 bits per heavy atom. The van der Waals surface area contributed by atoms with Gasteiger partial charge in [0.05, 0.1) is 0 Å². The molecule has 2 saturated carbocycles. The summed E-state index contributed by atoms with van der Waals surface area (Å²) in [5.74, 6) is 1.03. The molecule has 104 valence electrons. The van der Waals surface area contributed by atoms with Crippen LogP contribution >= 0.6 is 11.6 Å². The summed E-state index contributed by atoms with van der Waals surface area (Å²) in [4.78, 5) is 0. The Balaban J connectivity index is 1.72. The highest BCUT2D eigenvalue weighted by molar-refractivity contribution is 6.21. The zero-order chi connectivity index (χ0) is 13.3. The third-order valence-electron chi connectivity index (χ3n) is 5.06. The second kappa shape index (κ2) is 5.36. The molecule has 1 nitrogen and oxygen atoms in total. The van der Waals surface area contributed by atoms with Gasteiger partial charge < -0.3 is 4.74 Å². The van der Waals surface area contributed by atoms with E-state index < -0.39 is 0 Å². The van der Waals surface area contributed by atoms with E-state index in [4.69, 9.17) is 16.3 Å². The molecular weight excluding hydrogens is 256 g/mol. The lowest BCUT2D eigenvalue weighted by Gasteiger charge is -2.55. The highest BCUT2D eigenvalue weighted by Gasteiger charge is 2.55. The predicted molar refractivity (Wildman–Crippen MR) is 80.0 cm³/mol. The minimum Gasteiger partial charge on any atom is -0.490 e. The van der Waals surface area contributed by atoms with Crippen LogP contribution in [0.4, 0.5) is 0 Å². The van der Waals surface area contributed by atoms with Crippen molar-refractivity contribution in [3.05, 3.63) is 29.8 Å². The van der Waals surface area contributed by atoms with Gasteiger partial charge in [0, 0.05) is 17.2 Å². The Labute approximate surface area is 121 Å². The molecule has 0 aliphatic heterocycles. The monoisotopic (exact) mass is 278 g/mol. The summed E-state index contributed by atoms with van der Waals surface area (Å²) in [6.45, 7) is 2.18. The highest BCUT2D eigenvalue weighted by Crippen LogP contribution is 2.55. The molecule has 2 unspecified atom stereocenters. The number of aryl methyl sites for hydroxylation is 1. The average Bonchev–Trinajstić information content (AvgIpc) is 2.48. The average molecular weight is 279 g/mol. The van der Waals surface area contributed by atoms with Crippen LogP contribution in [0.15, 0.2) is 24.3 Å². The number of halogens is 1. The first-order valence-corrected chi connectivity index (χ1v) is 8.08. The fraction of sp³-hybridized carbons (Fsp3) is 0.647. The molecule has 3 rings (SSSR count). The Morgan fingerprint density at radius 3 is 2.74 bits per heavy atom. The molecule has 0 heterocycles. The lowest BCUT2D eigenvalue weighted by molar-refractivity contribution is -0.0650. The van der Waals surface area contributed by atoms with Crippen LogP contribution in [0.1, 0.15) is 51.0 Å². The molecule has 2 atom stereocenters. The Kier molecular flexibility index (Phi) is 3.75. The summed E-state index contributed by atoms with van der Waals surface area (Å²) in [6, 6.07) is 8.52. The lowest BCUT2D eigenvalue weighted by atomic mass is 9.58. The van der Waals surface area contributed by atoms with Gasteiger partial charge in [-0.1, -0.05) is 38.3 Å². The molecule has 1 aromatic carbocycles. The van der Waals surface area contributed by atoms with Crippen molar-refractivity contribution in [2.45, 2.75) is 63.4 Å². The zero-order valence-corrected chi connectivity index (χ0v) is 12.5. The quantitative estimate of drug-likeness (QED) is 0.710. The van der Waals surface area contributed by atoms with Crippen LogP contribution in [0, 0.1) is 5.41 Å². The second-order valence-electron chi connectivity index (χ2n) is 6.10. The largest absolute Gasteiger partial charge is 0.490 e. The number of rotatable bonds is 3. The second-order valence-corrected chi connectivity index (χ2v) is 6.63. The minimum atomic E-state index is 0.266. The van der Waals surface area contributed by atoms with Gasteiger partial charge in [-0.15, -0.1) is 11.6 Å². The van der Waals surface area contributed by atoms with Crippen molar-refractivity contribution in [3.8, 4) is 5.75 Å². The molecule has 0 amide bonds. The van der Waals surface area contributed by atoms with E-state index >= 15 is 0 Å². The summed E-state index contributed by atoms with van der Waals surface area (Å²) < 4.78 is 6.27. The number of alkyl halides is 1. The van der Waals surface area contributed by atoms with Crippen molar-refractivity contribution in [1.29, 1.82) is 0 Å². The van der Waals surface area contributed by atoms with Crippen LogP contribution < -0.4 is 4.74 Å². The van der Waals surface area contributed by atoms with Gasteiger partial charge in [0.25, 0.3) is 0 Å². The Morgan fingerprint density at radius 2 is 2.05 bits per heavy atom. The predicted octanol–water partition coefficient (Wildman–Crippen LogP) is 4.96. The Hall–Kier alpha value is -0.690. The van der Waals surface area contributed by atoms with Gasteiger partial charge in [-0.3, -0.25) is 0 Å². The van der Waals surface area contributed by atoms with Crippen molar-refractivity contribution in [2.24, 2.45) is 5.41 Å². The molecule has 2 fully saturated rings. The normalized spacial score (nSPS) is 28.9. The number of ether oxygens (including phenoxy) is 1. The van der Waals surface area contributed by atoms with Crippen LogP contribution in [0.3, 0.4) is 0 Å². The third kappa shape index (κ3) is 2.38. The molecule has 0 saturated heterocycles. The maximum absolute atomic E-state index is 6.52. The standard InChI is InChI=1S/C17H23ClO/c1-2-13-7-6-8-14(11-13)19-16-12-15(18)17(16)9-4-3-5-10-17/h6-8,11,15-16H,2-5,9-10,12H2,1H3. The maximum atomic E-state index is 6.52. The molecular formula is C17H23ClO. The summed E-state index contributed by atoms with van der Waals surface area (Å²) in [6.07, 6.45) is 8.91. The third-order valence-corrected chi connectivity index (χ3v) is 5.67. The number of benzene rings is 1. The van der Waals surface area contributed by atoms with Crippen LogP contribution in [0.25, 0.3) is 0 Å². The number of hydrogen-bond acceptors (Lipinski definition) is 1. The van der Waals surface area contributed by atoms with Crippen molar-refractivity contribution in [3.63, 3.8) is 0 Å². The minimum absolute atomic E-state index is 0.266. The number of hydrogen-bond donors (Lipinski definition) is 0. The zero-order valence-electron chi connectivity index (χ0n) is 11.7. The van der Waals surface area contributed by atoms with Crippen molar-refractivity contribution >= 4 is 11.6 Å². The summed E-state index contributed by atoms with van der Waals surface area (Å²) >= 11 is 6.52. The van der Waals surface area contributed by atoms with E-state index in [1.807, 2.05) is 0 Å². The fourth-order valence-electron chi connectivity index (χ4n) is 3.71. The fourth-order valence-corrected chi connectivity index (χ4v) is 4.23. The molecule has 0 bridgehead atoms. The van der Waals surface area contributed by atoms with Gasteiger partial charge in [-0.05, 0) is 37.0 Å². The van der Waals surface area contributed by atoms with E-state index in [-0.39, 0.29) is 5.41 Å². The first kappa shape index (κ1) is 13.3. The first-order valence-electron chi connectivity index (χ1n) is 7.64. The SMILES string of the molecule is CCc1cccc(OC2CC(Cl)C23CCCCC3)c1. The first-order chi connectivity index (χ1) is 9.24. The molecule has 19 heavy (non-hydrogen) atoms. The summed E-state index contributed by atoms with van der Waals surface area (Å²) in [7, 11) is 0. The van der Waals surface area contributed by atoms with E-state index in [0.29, 0.717) is 11.5 Å². The molecule has 2 heteroatoms. The van der Waals surface area contributed by atoms with Crippen LogP contribution in [0.2, 0.25) is 0 Å².